The molecule has 3 heterocycles. The first-order chi connectivity index (χ1) is 29.9. The van der Waals surface area contributed by atoms with Crippen molar-refractivity contribution in [2.24, 2.45) is 50.2 Å². The quantitative estimate of drug-likeness (QED) is 0.0836. The van der Waals surface area contributed by atoms with Gasteiger partial charge in [-0.25, -0.2) is 0 Å². The largest absolute Gasteiger partial charge is 0.481 e. The smallest absolute Gasteiger partial charge is 0.312 e. The molecule has 3 saturated heterocycles. The van der Waals surface area contributed by atoms with E-state index < -0.39 is 140 Å². The summed E-state index contributed by atoms with van der Waals surface area (Å²) < 4.78 is 36.3. The zero-order valence-corrected chi connectivity index (χ0v) is 37.8. The molecule has 0 aromatic rings. The standard InChI is InChI=1S/C46H72O18/c1-41(2)13-14-46(40(57)58)22(15-41)21-7-8-27-42(3)11-10-29(43(4,20-48)26(42)9-12-44(27,5)45(21,6)16-28(46)51)62-39-36(64-38-34(56)32(54)31(53)25(17-47)61-38)35(24(50)19-60-39)63-37-33(55)30(52)23(49)18-59-37/h7,20,22-39,47,49-56H,8-19H2,1-6H3,(H,57,58)/t22?,23-,24-,25?,26-,27?,28-,29+,30+,31+,32+,33?,34?,35+,36?,37+,38+,39+,42?,43?,44-,45?,46-/m1/s1. The molecule has 0 aromatic carbocycles. The SMILES string of the molecule is CC1(C)CC[C@@]2(C(=O)O)C(C1)C1=CCC3C4(C)CC[C@H](O[C@@H]5OC[C@@H](O)[C@H](O[C@@H]6OC[C@@H](O)[C@H](O)C6O)C5O[C@@H]5OC(CO)[C@H](O)[C@H](O)C5O)C(C)(C=O)[C@@H]4CC[C@@]3(C)C1(C)C[C@H]2O. The van der Waals surface area contributed by atoms with E-state index in [4.69, 9.17) is 28.4 Å². The van der Waals surface area contributed by atoms with E-state index >= 15 is 0 Å². The van der Waals surface area contributed by atoms with Gasteiger partial charge >= 0.3 is 5.97 Å². The van der Waals surface area contributed by atoms with Gasteiger partial charge in [0.2, 0.25) is 0 Å². The first-order valence-corrected chi connectivity index (χ1v) is 23.2. The van der Waals surface area contributed by atoms with Gasteiger partial charge in [0.05, 0.1) is 37.4 Å². The number of carbonyl (C=O) groups excluding carboxylic acids is 1. The summed E-state index contributed by atoms with van der Waals surface area (Å²) in [5.41, 5.74) is -2.56. The van der Waals surface area contributed by atoms with Crippen LogP contribution in [0.1, 0.15) is 99.3 Å². The maximum absolute atomic E-state index is 13.7. The van der Waals surface area contributed by atoms with E-state index in [0.29, 0.717) is 51.4 Å². The maximum atomic E-state index is 13.7. The van der Waals surface area contributed by atoms with Crippen molar-refractivity contribution >= 4 is 12.3 Å². The Morgan fingerprint density at radius 2 is 1.39 bits per heavy atom. The molecule has 0 aromatic heterocycles. The molecule has 3 aliphatic heterocycles. The summed E-state index contributed by atoms with van der Waals surface area (Å²) in [6.45, 7) is 11.4. The minimum Gasteiger partial charge on any atom is -0.481 e. The number of carboxylic acids is 1. The highest BCUT2D eigenvalue weighted by atomic mass is 16.8. The summed E-state index contributed by atoms with van der Waals surface area (Å²) in [6.07, 6.45) is -14.4. The monoisotopic (exact) mass is 912 g/mol. The van der Waals surface area contributed by atoms with Crippen molar-refractivity contribution in [3.63, 3.8) is 0 Å². The van der Waals surface area contributed by atoms with Gasteiger partial charge in [-0.15, -0.1) is 0 Å². The molecular weight excluding hydrogens is 840 g/mol. The summed E-state index contributed by atoms with van der Waals surface area (Å²) >= 11 is 0. The Morgan fingerprint density at radius 1 is 0.734 bits per heavy atom. The number of aliphatic hydroxyl groups excluding tert-OH is 9. The van der Waals surface area contributed by atoms with E-state index in [1.165, 1.54) is 0 Å². The van der Waals surface area contributed by atoms with E-state index in [9.17, 15) is 60.7 Å². The fourth-order valence-corrected chi connectivity index (χ4v) is 14.5. The van der Waals surface area contributed by atoms with Crippen LogP contribution >= 0.6 is 0 Å². The second kappa shape index (κ2) is 17.1. The molecule has 18 heteroatoms. The molecule has 23 atom stereocenters. The third-order valence-corrected chi connectivity index (χ3v) is 18.6. The Kier molecular flexibility index (Phi) is 13.0. The number of ether oxygens (including phenoxy) is 6. The van der Waals surface area contributed by atoms with Crippen molar-refractivity contribution in [3.8, 4) is 0 Å². The van der Waals surface area contributed by atoms with E-state index in [1.54, 1.807) is 0 Å². The van der Waals surface area contributed by atoms with Crippen molar-refractivity contribution in [1.29, 1.82) is 0 Å². The van der Waals surface area contributed by atoms with Gasteiger partial charge in [-0.1, -0.05) is 53.2 Å². The number of carboxylic acid groups (broad SMARTS) is 1. The van der Waals surface area contributed by atoms with Crippen molar-refractivity contribution < 1.29 is 89.1 Å². The lowest BCUT2D eigenvalue weighted by Gasteiger charge is -2.71. The van der Waals surface area contributed by atoms with Gasteiger partial charge in [0.1, 0.15) is 72.7 Å². The summed E-state index contributed by atoms with van der Waals surface area (Å²) in [7, 11) is 0. The highest BCUT2D eigenvalue weighted by Gasteiger charge is 2.72. The summed E-state index contributed by atoms with van der Waals surface area (Å²) in [6, 6.07) is 0. The molecule has 64 heavy (non-hydrogen) atoms. The predicted octanol–water partition coefficient (Wildman–Crippen LogP) is 0.134. The van der Waals surface area contributed by atoms with Crippen LogP contribution < -0.4 is 0 Å². The highest BCUT2D eigenvalue weighted by molar-refractivity contribution is 5.77. The predicted molar refractivity (Wildman–Crippen MR) is 220 cm³/mol. The topological polar surface area (TPSA) is 292 Å². The fourth-order valence-electron chi connectivity index (χ4n) is 14.5. The molecular formula is C46H72O18. The average molecular weight is 913 g/mol. The lowest BCUT2D eigenvalue weighted by molar-refractivity contribution is -0.384. The molecule has 8 aliphatic rings. The van der Waals surface area contributed by atoms with Crippen LogP contribution in [0.2, 0.25) is 0 Å². The molecule has 9 unspecified atom stereocenters. The third-order valence-electron chi connectivity index (χ3n) is 18.6. The molecule has 10 N–H and O–H groups in total. The van der Waals surface area contributed by atoms with Crippen molar-refractivity contribution in [3.05, 3.63) is 11.6 Å². The van der Waals surface area contributed by atoms with Gasteiger partial charge in [-0.3, -0.25) is 4.79 Å². The van der Waals surface area contributed by atoms with Gasteiger partial charge < -0.3 is 84.3 Å². The second-order valence-electron chi connectivity index (χ2n) is 22.3. The average Bonchev–Trinajstić information content (AvgIpc) is 3.23. The lowest BCUT2D eigenvalue weighted by atomic mass is 9.33. The molecule has 8 rings (SSSR count). The van der Waals surface area contributed by atoms with Crippen LogP contribution in [-0.2, 0) is 38.0 Å². The number of allylic oxidation sites excluding steroid dienone is 2. The summed E-state index contributed by atoms with van der Waals surface area (Å²) in [4.78, 5) is 26.9. The molecule has 4 saturated carbocycles. The molecule has 364 valence electrons. The minimum atomic E-state index is -1.87. The second-order valence-corrected chi connectivity index (χ2v) is 22.3. The van der Waals surface area contributed by atoms with Crippen LogP contribution in [0.3, 0.4) is 0 Å². The van der Waals surface area contributed by atoms with Crippen LogP contribution in [0.4, 0.5) is 0 Å². The molecule has 5 aliphatic carbocycles. The molecule has 0 bridgehead atoms. The Morgan fingerprint density at radius 3 is 2.06 bits per heavy atom. The number of carbonyl (C=O) groups is 2. The van der Waals surface area contributed by atoms with Gasteiger partial charge in [0, 0.05) is 0 Å². The summed E-state index contributed by atoms with van der Waals surface area (Å²) in [5, 5.41) is 107. The van der Waals surface area contributed by atoms with Crippen molar-refractivity contribution in [2.75, 3.05) is 19.8 Å². The van der Waals surface area contributed by atoms with E-state index in [2.05, 4.69) is 40.7 Å². The fraction of sp³-hybridized carbons (Fsp3) is 0.913. The number of fused-ring (bicyclic) bond motifs is 7. The van der Waals surface area contributed by atoms with Crippen molar-refractivity contribution in [1.82, 2.24) is 0 Å². The first kappa shape index (κ1) is 48.7. The van der Waals surface area contributed by atoms with Crippen LogP contribution in [0.5, 0.6) is 0 Å². The lowest BCUT2D eigenvalue weighted by Crippen LogP contribution is -2.68. The number of aldehydes is 1. The Balaban J connectivity index is 1.09. The zero-order chi connectivity index (χ0) is 46.7. The van der Waals surface area contributed by atoms with Gasteiger partial charge in [-0.05, 0) is 97.2 Å². The van der Waals surface area contributed by atoms with E-state index in [0.717, 1.165) is 18.3 Å². The number of aliphatic carboxylic acids is 1. The van der Waals surface area contributed by atoms with Crippen LogP contribution in [0, 0.1) is 50.2 Å². The summed E-state index contributed by atoms with van der Waals surface area (Å²) in [5.74, 6) is -1.39. The Hall–Kier alpha value is -1.72. The molecule has 0 radical (unpaired) electrons. The number of aliphatic hydroxyl groups is 9. The van der Waals surface area contributed by atoms with Crippen LogP contribution in [0.25, 0.3) is 0 Å². The van der Waals surface area contributed by atoms with E-state index in [-0.39, 0.29) is 28.6 Å². The maximum Gasteiger partial charge on any atom is 0.312 e. The van der Waals surface area contributed by atoms with Gasteiger partial charge in [0.15, 0.2) is 18.9 Å². The third kappa shape index (κ3) is 7.31. The molecule has 7 fully saturated rings. The number of hydrogen-bond acceptors (Lipinski definition) is 17. The Bertz CT molecular complexity index is 1780. The zero-order valence-electron chi connectivity index (χ0n) is 37.8. The minimum absolute atomic E-state index is 0.0609. The van der Waals surface area contributed by atoms with E-state index in [1.807, 2.05) is 6.92 Å². The number of rotatable bonds is 9. The van der Waals surface area contributed by atoms with Gasteiger partial charge in [-0.2, -0.15) is 0 Å². The molecule has 18 nitrogen and oxygen atoms in total. The first-order valence-electron chi connectivity index (χ1n) is 23.2. The van der Waals surface area contributed by atoms with Crippen LogP contribution in [0.15, 0.2) is 11.6 Å². The number of hydrogen-bond donors (Lipinski definition) is 10. The van der Waals surface area contributed by atoms with Crippen LogP contribution in [-0.4, -0.2) is 175 Å². The van der Waals surface area contributed by atoms with Gasteiger partial charge in [0.25, 0.3) is 0 Å². The molecule has 0 spiro atoms. The Labute approximate surface area is 373 Å². The normalized spacial score (nSPS) is 54.9. The molecule has 0 amide bonds. The van der Waals surface area contributed by atoms with Crippen molar-refractivity contribution in [2.45, 2.75) is 191 Å². The highest BCUT2D eigenvalue weighted by Crippen LogP contribution is 2.76.